The summed E-state index contributed by atoms with van der Waals surface area (Å²) in [5, 5.41) is 3.14. The Balaban J connectivity index is 0.00000153. The van der Waals surface area contributed by atoms with Crippen molar-refractivity contribution in [3.05, 3.63) is 29.8 Å². The monoisotopic (exact) mass is 653 g/mol. The minimum atomic E-state index is -4.41. The number of carbonyl (C=O) groups excluding carboxylic acids is 2. The van der Waals surface area contributed by atoms with E-state index in [0.717, 1.165) is 45.9 Å². The number of likely N-dealkylation sites (tertiary alicyclic amines) is 1. The molecule has 0 saturated carbocycles. The maximum absolute atomic E-state index is 12.4. The van der Waals surface area contributed by atoms with Gasteiger partial charge in [0.25, 0.3) is 0 Å². The number of quaternary nitrogens is 1. The van der Waals surface area contributed by atoms with E-state index < -0.39 is 10.4 Å². The summed E-state index contributed by atoms with van der Waals surface area (Å²) in [6, 6.07) is 8.67. The van der Waals surface area contributed by atoms with Crippen molar-refractivity contribution in [2.45, 2.75) is 136 Å². The summed E-state index contributed by atoms with van der Waals surface area (Å²) in [5.41, 5.74) is 2.47. The van der Waals surface area contributed by atoms with E-state index in [0.29, 0.717) is 30.5 Å². The third kappa shape index (κ3) is 20.7. The molecule has 1 saturated heterocycles. The molecule has 1 aliphatic heterocycles. The Morgan fingerprint density at radius 1 is 0.889 bits per heavy atom. The average Bonchev–Trinajstić information content (AvgIpc) is 3.41. The molecule has 2 rings (SSSR count). The zero-order valence-corrected chi connectivity index (χ0v) is 29.6. The van der Waals surface area contributed by atoms with E-state index in [1.54, 1.807) is 0 Å². The van der Waals surface area contributed by atoms with Crippen LogP contribution in [0.4, 0.5) is 5.69 Å². The van der Waals surface area contributed by atoms with Crippen LogP contribution in [0.3, 0.4) is 0 Å². The van der Waals surface area contributed by atoms with Crippen molar-refractivity contribution < 1.29 is 26.7 Å². The first kappa shape index (κ1) is 41.0. The van der Waals surface area contributed by atoms with E-state index in [2.05, 4.69) is 54.7 Å². The van der Waals surface area contributed by atoms with Gasteiger partial charge in [-0.2, -0.15) is 0 Å². The summed E-state index contributed by atoms with van der Waals surface area (Å²) in [7, 11) is -1.39. The summed E-state index contributed by atoms with van der Waals surface area (Å²) >= 11 is 0. The molecule has 45 heavy (non-hydrogen) atoms. The van der Waals surface area contributed by atoms with Crippen molar-refractivity contribution in [3.63, 3.8) is 0 Å². The molecule has 2 amide bonds. The molecular formula is C35H63N3O6S. The Morgan fingerprint density at radius 2 is 1.38 bits per heavy atom. The number of nitrogens with zero attached hydrogens (tertiary/aromatic N) is 2. The summed E-state index contributed by atoms with van der Waals surface area (Å²) in [6.07, 6.45) is 23.3. The zero-order chi connectivity index (χ0) is 33.4. The maximum Gasteiger partial charge on any atom is 0.226 e. The topological polar surface area (TPSA) is 116 Å². The van der Waals surface area contributed by atoms with Gasteiger partial charge in [-0.25, -0.2) is 8.42 Å². The minimum Gasteiger partial charge on any atom is -0.726 e. The molecule has 0 bridgehead atoms. The van der Waals surface area contributed by atoms with Crippen LogP contribution in [-0.4, -0.2) is 70.1 Å². The second kappa shape index (κ2) is 24.2. The lowest BCUT2D eigenvalue weighted by atomic mass is 10.0. The maximum atomic E-state index is 12.4. The van der Waals surface area contributed by atoms with Crippen LogP contribution < -0.4 is 9.80 Å². The van der Waals surface area contributed by atoms with Gasteiger partial charge < -0.3 is 9.87 Å². The van der Waals surface area contributed by atoms with Crippen molar-refractivity contribution in [3.8, 4) is 0 Å². The van der Waals surface area contributed by atoms with Crippen LogP contribution in [0, 0.1) is 6.92 Å². The smallest absolute Gasteiger partial charge is 0.226 e. The highest BCUT2D eigenvalue weighted by Gasteiger charge is 2.32. The summed E-state index contributed by atoms with van der Waals surface area (Å²) in [4.78, 5) is 26.7. The van der Waals surface area contributed by atoms with E-state index in [9.17, 15) is 22.6 Å². The molecular weight excluding hydrogens is 590 g/mol. The minimum absolute atomic E-state index is 0.184. The predicted octanol–water partition coefficient (Wildman–Crippen LogP) is 7.37. The first-order valence-corrected chi connectivity index (χ1v) is 18.8. The van der Waals surface area contributed by atoms with Gasteiger partial charge in [0.05, 0.1) is 20.7 Å². The lowest BCUT2D eigenvalue weighted by Crippen LogP contribution is -2.54. The molecule has 10 heteroatoms. The number of carbonyl (C=O) groups is 2. The van der Waals surface area contributed by atoms with E-state index in [1.165, 1.54) is 94.7 Å². The van der Waals surface area contributed by atoms with Gasteiger partial charge in [-0.1, -0.05) is 115 Å². The summed E-state index contributed by atoms with van der Waals surface area (Å²) in [6.45, 7) is 7.54. The van der Waals surface area contributed by atoms with Gasteiger partial charge in [0.15, 0.2) is 6.67 Å². The number of unbranched alkanes of at least 4 members (excludes halogenated alkanes) is 14. The molecule has 1 aliphatic rings. The highest BCUT2D eigenvalue weighted by atomic mass is 32.3. The van der Waals surface area contributed by atoms with Crippen molar-refractivity contribution in [1.82, 2.24) is 14.7 Å². The molecule has 1 fully saturated rings. The third-order valence-corrected chi connectivity index (χ3v) is 9.08. The summed E-state index contributed by atoms with van der Waals surface area (Å²) < 4.78 is 31.7. The van der Waals surface area contributed by atoms with Gasteiger partial charge in [0.1, 0.15) is 5.69 Å². The molecule has 0 spiro atoms. The first-order valence-electron chi connectivity index (χ1n) is 17.5. The zero-order valence-electron chi connectivity index (χ0n) is 28.8. The number of rotatable bonds is 24. The van der Waals surface area contributed by atoms with Gasteiger partial charge in [-0.05, 0) is 31.9 Å². The van der Waals surface area contributed by atoms with Crippen LogP contribution >= 0.6 is 0 Å². The van der Waals surface area contributed by atoms with Crippen LogP contribution in [0.1, 0.15) is 134 Å². The average molecular weight is 654 g/mol. The number of hydrogen-bond donors (Lipinski definition) is 1. The van der Waals surface area contributed by atoms with Gasteiger partial charge in [0.2, 0.25) is 22.2 Å². The first-order chi connectivity index (χ1) is 21.5. The molecule has 1 unspecified atom stereocenters. The number of nitrogens with one attached hydrogen (secondary N) is 1. The molecule has 1 aromatic rings. The third-order valence-electron chi connectivity index (χ3n) is 8.67. The number of hydrogen-bond acceptors (Lipinski definition) is 6. The Bertz CT molecular complexity index is 1030. The Hall–Kier alpha value is -2.01. The van der Waals surface area contributed by atoms with Crippen LogP contribution in [0.5, 0.6) is 0 Å². The highest BCUT2D eigenvalue weighted by Crippen LogP contribution is 2.24. The predicted molar refractivity (Wildman–Crippen MR) is 183 cm³/mol. The number of benzene rings is 1. The fraction of sp³-hybridized carbons (Fsp3) is 0.771. The largest absolute Gasteiger partial charge is 0.726 e. The molecule has 1 heterocycles. The van der Waals surface area contributed by atoms with E-state index in [-0.39, 0.29) is 11.8 Å². The van der Waals surface area contributed by atoms with E-state index in [4.69, 9.17) is 0 Å². The SMILES string of the molecule is CCCCCCCCCCCCCCCCCC(=O)NCCC[N+](C)(CN1CCCC1=O)c1ccc(C)cc1.COS(=O)(=O)[O-]. The lowest BCUT2D eigenvalue weighted by Gasteiger charge is -2.37. The van der Waals surface area contributed by atoms with E-state index in [1.807, 2.05) is 4.90 Å². The molecule has 260 valence electrons. The molecule has 1 atom stereocenters. The van der Waals surface area contributed by atoms with Gasteiger partial charge in [-0.15, -0.1) is 0 Å². The highest BCUT2D eigenvalue weighted by molar-refractivity contribution is 7.80. The van der Waals surface area contributed by atoms with Crippen molar-refractivity contribution >= 4 is 27.9 Å². The molecule has 0 radical (unpaired) electrons. The quantitative estimate of drug-likeness (QED) is 0.0539. The fourth-order valence-corrected chi connectivity index (χ4v) is 5.82. The van der Waals surface area contributed by atoms with Gasteiger partial charge in [0, 0.05) is 32.4 Å². The number of aryl methyl sites for hydroxylation is 1. The molecule has 1 N–H and O–H groups in total. The number of amides is 2. The normalized spacial score (nSPS) is 14.6. The molecule has 0 aromatic heterocycles. The van der Waals surface area contributed by atoms with Crippen molar-refractivity contribution in [2.75, 3.05) is 40.5 Å². The van der Waals surface area contributed by atoms with Crippen LogP contribution in [0.2, 0.25) is 0 Å². The van der Waals surface area contributed by atoms with Gasteiger partial charge >= 0.3 is 0 Å². The van der Waals surface area contributed by atoms with Gasteiger partial charge in [-0.3, -0.25) is 23.2 Å². The molecule has 1 aromatic carbocycles. The second-order valence-electron chi connectivity index (χ2n) is 12.8. The van der Waals surface area contributed by atoms with Crippen molar-refractivity contribution in [1.29, 1.82) is 0 Å². The molecule has 0 aliphatic carbocycles. The molecule has 9 nitrogen and oxygen atoms in total. The lowest BCUT2D eigenvalue weighted by molar-refractivity contribution is -0.129. The van der Waals surface area contributed by atoms with Crippen LogP contribution in [0.25, 0.3) is 0 Å². The van der Waals surface area contributed by atoms with Crippen LogP contribution in [0.15, 0.2) is 24.3 Å². The van der Waals surface area contributed by atoms with Crippen LogP contribution in [-0.2, 0) is 24.2 Å². The second-order valence-corrected chi connectivity index (χ2v) is 14.0. The Morgan fingerprint density at radius 3 is 1.82 bits per heavy atom. The fourth-order valence-electron chi connectivity index (χ4n) is 5.82. The standard InChI is InChI=1S/C34H59N3O2.CH4O4S/c1-4-5-6-7-8-9-10-11-12-13-14-15-16-17-18-21-33(38)35-27-20-29-37(3,30-36-28-19-22-34(36)39)32-25-23-31(2)24-26-32;1-5-6(2,3)4/h23-26H,4-22,27-30H2,1-3H3;1H3,(H,2,3,4). The van der Waals surface area contributed by atoms with E-state index >= 15 is 0 Å². The Kier molecular flexibility index (Phi) is 22.1. The van der Waals surface area contributed by atoms with Crippen molar-refractivity contribution in [2.24, 2.45) is 0 Å². The Labute approximate surface area is 275 Å². The summed E-state index contributed by atoms with van der Waals surface area (Å²) in [5.74, 6) is 0.451.